The summed E-state index contributed by atoms with van der Waals surface area (Å²) in [5.41, 5.74) is 3.32. The van der Waals surface area contributed by atoms with Gasteiger partial charge in [-0.15, -0.1) is 0 Å². The highest BCUT2D eigenvalue weighted by Crippen LogP contribution is 2.24. The van der Waals surface area contributed by atoms with E-state index in [1.807, 2.05) is 43.3 Å². The third-order valence-corrected chi connectivity index (χ3v) is 7.15. The largest absolute Gasteiger partial charge is 0.465 e. The minimum absolute atomic E-state index is 0.126. The first kappa shape index (κ1) is 26.8. The molecule has 0 radical (unpaired) electrons. The highest BCUT2D eigenvalue weighted by atomic mass is 35.5. The third-order valence-electron chi connectivity index (χ3n) is 6.90. The van der Waals surface area contributed by atoms with Crippen molar-refractivity contribution in [3.63, 3.8) is 0 Å². The number of rotatable bonds is 8. The van der Waals surface area contributed by atoms with E-state index in [1.165, 1.54) is 16.2 Å². The molecule has 0 spiro atoms. The average molecular weight is 528 g/mol. The molecule has 2 aromatic rings. The van der Waals surface area contributed by atoms with E-state index in [0.29, 0.717) is 37.6 Å². The van der Waals surface area contributed by atoms with E-state index in [2.05, 4.69) is 27.2 Å². The number of nitrogens with one attached hydrogen (secondary N) is 1. The Kier molecular flexibility index (Phi) is 8.56. The minimum atomic E-state index is -1.04. The van der Waals surface area contributed by atoms with Crippen molar-refractivity contribution in [1.82, 2.24) is 20.0 Å². The van der Waals surface area contributed by atoms with Gasteiger partial charge >= 0.3 is 6.09 Å². The van der Waals surface area contributed by atoms with Crippen LogP contribution >= 0.6 is 11.6 Å². The number of nitrogens with zero attached hydrogens (tertiary/aromatic N) is 4. The smallest absolute Gasteiger partial charge is 0.407 e. The Morgan fingerprint density at radius 2 is 1.65 bits per heavy atom. The number of hydrogen-bond donors (Lipinski definition) is 2. The zero-order valence-corrected chi connectivity index (χ0v) is 22.0. The number of likely N-dealkylation sites (tertiary alicyclic amines) is 1. The Labute approximate surface area is 222 Å². The monoisotopic (exact) mass is 527 g/mol. The van der Waals surface area contributed by atoms with Gasteiger partial charge in [-0.05, 0) is 43.4 Å². The molecule has 0 bridgehead atoms. The standard InChI is InChI=1S/C27H34ClN5O4/c1-30(2)16-20-5-3-4-6-24(20)31-11-13-32(14-12-31)26(35)23(15-19-7-9-22(28)10-8-19)29-25(34)21-17-33(18-21)27(36)37/h3-10,21,23H,11-18H2,1-2H3,(H,29,34)(H,36,37)/t23-/m0/s1. The van der Waals surface area contributed by atoms with Gasteiger partial charge in [0.15, 0.2) is 0 Å². The van der Waals surface area contributed by atoms with Crippen molar-refractivity contribution in [2.24, 2.45) is 5.92 Å². The molecule has 0 unspecified atom stereocenters. The fourth-order valence-electron chi connectivity index (χ4n) is 4.83. The van der Waals surface area contributed by atoms with Crippen LogP contribution < -0.4 is 10.2 Å². The van der Waals surface area contributed by atoms with Crippen LogP contribution in [0.4, 0.5) is 10.5 Å². The highest BCUT2D eigenvalue weighted by molar-refractivity contribution is 6.30. The average Bonchev–Trinajstić information content (AvgIpc) is 2.83. The lowest BCUT2D eigenvalue weighted by Gasteiger charge is -2.39. The molecule has 37 heavy (non-hydrogen) atoms. The summed E-state index contributed by atoms with van der Waals surface area (Å²) in [6, 6.07) is 14.8. The number of carbonyl (C=O) groups excluding carboxylic acids is 2. The molecular formula is C27H34ClN5O4. The summed E-state index contributed by atoms with van der Waals surface area (Å²) in [6.45, 7) is 3.64. The Hall–Kier alpha value is -3.30. The van der Waals surface area contributed by atoms with Crippen LogP contribution in [0.25, 0.3) is 0 Å². The summed E-state index contributed by atoms with van der Waals surface area (Å²) < 4.78 is 0. The van der Waals surface area contributed by atoms with Gasteiger partial charge in [0.25, 0.3) is 0 Å². The third kappa shape index (κ3) is 6.72. The molecule has 10 heteroatoms. The first-order valence-electron chi connectivity index (χ1n) is 12.5. The van der Waals surface area contributed by atoms with Gasteiger partial charge in [0, 0.05) is 62.9 Å². The van der Waals surface area contributed by atoms with E-state index in [1.54, 1.807) is 12.1 Å². The SMILES string of the molecule is CN(C)Cc1ccccc1N1CCN(C(=O)[C@H](Cc2ccc(Cl)cc2)NC(=O)C2CN(C(=O)O)C2)CC1. The topological polar surface area (TPSA) is 96.4 Å². The van der Waals surface area contributed by atoms with Crippen LogP contribution in [0, 0.1) is 5.92 Å². The number of amides is 3. The summed E-state index contributed by atoms with van der Waals surface area (Å²) in [5, 5.41) is 12.6. The van der Waals surface area contributed by atoms with Crippen molar-refractivity contribution in [2.75, 3.05) is 58.3 Å². The van der Waals surface area contributed by atoms with E-state index in [-0.39, 0.29) is 24.9 Å². The fraction of sp³-hybridized carbons (Fsp3) is 0.444. The zero-order chi connectivity index (χ0) is 26.5. The molecule has 0 aliphatic carbocycles. The molecule has 1 atom stereocenters. The van der Waals surface area contributed by atoms with E-state index in [4.69, 9.17) is 16.7 Å². The van der Waals surface area contributed by atoms with Gasteiger partial charge < -0.3 is 30.0 Å². The van der Waals surface area contributed by atoms with Crippen LogP contribution in [-0.2, 0) is 22.6 Å². The van der Waals surface area contributed by atoms with Crippen molar-refractivity contribution in [3.8, 4) is 0 Å². The normalized spacial score (nSPS) is 16.9. The summed E-state index contributed by atoms with van der Waals surface area (Å²) in [7, 11) is 4.09. The second-order valence-electron chi connectivity index (χ2n) is 9.96. The predicted molar refractivity (Wildman–Crippen MR) is 143 cm³/mol. The number of anilines is 1. The number of benzene rings is 2. The number of piperazine rings is 1. The molecule has 2 N–H and O–H groups in total. The predicted octanol–water partition coefficient (Wildman–Crippen LogP) is 2.39. The molecule has 2 aliphatic heterocycles. The molecule has 2 saturated heterocycles. The lowest BCUT2D eigenvalue weighted by atomic mass is 9.98. The van der Waals surface area contributed by atoms with Crippen molar-refractivity contribution in [3.05, 3.63) is 64.7 Å². The molecule has 2 aromatic carbocycles. The maximum Gasteiger partial charge on any atom is 0.407 e. The molecule has 2 aliphatic rings. The van der Waals surface area contributed by atoms with Crippen LogP contribution in [-0.4, -0.2) is 97.1 Å². The fourth-order valence-corrected chi connectivity index (χ4v) is 4.95. The minimum Gasteiger partial charge on any atom is -0.465 e. The van der Waals surface area contributed by atoms with Crippen molar-refractivity contribution in [1.29, 1.82) is 0 Å². The first-order valence-corrected chi connectivity index (χ1v) is 12.9. The van der Waals surface area contributed by atoms with Crippen molar-refractivity contribution in [2.45, 2.75) is 19.0 Å². The van der Waals surface area contributed by atoms with E-state index in [9.17, 15) is 14.4 Å². The number of carbonyl (C=O) groups is 3. The maximum atomic E-state index is 13.6. The van der Waals surface area contributed by atoms with Gasteiger partial charge in [-0.1, -0.05) is 41.9 Å². The lowest BCUT2D eigenvalue weighted by molar-refractivity contribution is -0.139. The molecule has 3 amide bonds. The molecule has 9 nitrogen and oxygen atoms in total. The number of hydrogen-bond acceptors (Lipinski definition) is 5. The Balaban J connectivity index is 1.42. The molecular weight excluding hydrogens is 494 g/mol. The second-order valence-corrected chi connectivity index (χ2v) is 10.4. The number of carboxylic acid groups (broad SMARTS) is 1. The first-order chi connectivity index (χ1) is 17.7. The quantitative estimate of drug-likeness (QED) is 0.547. The number of halogens is 1. The lowest BCUT2D eigenvalue weighted by Crippen LogP contribution is -2.60. The Morgan fingerprint density at radius 1 is 1.00 bits per heavy atom. The Morgan fingerprint density at radius 3 is 2.27 bits per heavy atom. The summed E-state index contributed by atoms with van der Waals surface area (Å²) in [5.74, 6) is -0.860. The maximum absolute atomic E-state index is 13.6. The van der Waals surface area contributed by atoms with E-state index in [0.717, 1.165) is 12.1 Å². The van der Waals surface area contributed by atoms with Crippen LogP contribution in [0.1, 0.15) is 11.1 Å². The van der Waals surface area contributed by atoms with Gasteiger partial charge in [-0.3, -0.25) is 9.59 Å². The molecule has 4 rings (SSSR count). The molecule has 0 saturated carbocycles. The molecule has 198 valence electrons. The zero-order valence-electron chi connectivity index (χ0n) is 21.3. The van der Waals surface area contributed by atoms with Gasteiger partial charge in [-0.2, -0.15) is 0 Å². The summed E-state index contributed by atoms with van der Waals surface area (Å²) >= 11 is 6.02. The van der Waals surface area contributed by atoms with Gasteiger partial charge in [0.2, 0.25) is 11.8 Å². The van der Waals surface area contributed by atoms with Gasteiger partial charge in [-0.25, -0.2) is 4.79 Å². The van der Waals surface area contributed by atoms with Gasteiger partial charge in [0.1, 0.15) is 6.04 Å². The van der Waals surface area contributed by atoms with Gasteiger partial charge in [0.05, 0.1) is 5.92 Å². The molecule has 0 aromatic heterocycles. The van der Waals surface area contributed by atoms with Crippen LogP contribution in [0.15, 0.2) is 48.5 Å². The van der Waals surface area contributed by atoms with Crippen molar-refractivity contribution < 1.29 is 19.5 Å². The van der Waals surface area contributed by atoms with E-state index >= 15 is 0 Å². The molecule has 2 fully saturated rings. The van der Waals surface area contributed by atoms with Crippen LogP contribution in [0.2, 0.25) is 5.02 Å². The number of para-hydroxylation sites is 1. The van der Waals surface area contributed by atoms with E-state index < -0.39 is 18.1 Å². The van der Waals surface area contributed by atoms with Crippen molar-refractivity contribution >= 4 is 35.2 Å². The summed E-state index contributed by atoms with van der Waals surface area (Å²) in [4.78, 5) is 45.0. The second kappa shape index (κ2) is 11.8. The molecule has 2 heterocycles. The highest BCUT2D eigenvalue weighted by Gasteiger charge is 2.38. The van der Waals surface area contributed by atoms with Crippen LogP contribution in [0.3, 0.4) is 0 Å². The Bertz CT molecular complexity index is 1110. The summed E-state index contributed by atoms with van der Waals surface area (Å²) in [6.07, 6.45) is -0.703. The van der Waals surface area contributed by atoms with Crippen LogP contribution in [0.5, 0.6) is 0 Å².